The van der Waals surface area contributed by atoms with Gasteiger partial charge in [-0.15, -0.1) is 5.10 Å². The Kier molecular flexibility index (Phi) is 10.3. The van der Waals surface area contributed by atoms with Crippen molar-refractivity contribution in [1.82, 2.24) is 19.1 Å². The molecule has 0 spiro atoms. The van der Waals surface area contributed by atoms with Crippen molar-refractivity contribution >= 4 is 38.3 Å². The van der Waals surface area contributed by atoms with Gasteiger partial charge in [-0.05, 0) is 35.9 Å². The summed E-state index contributed by atoms with van der Waals surface area (Å²) in [5.41, 5.74) is 3.64. The lowest BCUT2D eigenvalue weighted by Gasteiger charge is -2.22. The summed E-state index contributed by atoms with van der Waals surface area (Å²) in [5.74, 6) is 3.56. The number of benzene rings is 3. The largest absolute Gasteiger partial charge is 0.497 e. The van der Waals surface area contributed by atoms with E-state index in [2.05, 4.69) is 10.3 Å². The maximum Gasteiger partial charge on any atom is 0.211 e. The van der Waals surface area contributed by atoms with E-state index in [4.69, 9.17) is 40.4 Å². The maximum atomic E-state index is 12.9. The highest BCUT2D eigenvalue weighted by molar-refractivity contribution is 7.88. The van der Waals surface area contributed by atoms with Crippen LogP contribution in [0.5, 0.6) is 28.7 Å². The highest BCUT2D eigenvalue weighted by Crippen LogP contribution is 2.34. The van der Waals surface area contributed by atoms with Crippen molar-refractivity contribution in [3.05, 3.63) is 88.7 Å². The number of hydrogen-bond acceptors (Lipinski definition) is 10. The average Bonchev–Trinajstić information content (AvgIpc) is 3.43. The fraction of sp³-hybridized carbons (Fsp3) is 0.273. The number of halogens is 1. The highest BCUT2D eigenvalue weighted by Gasteiger charge is 2.22. The van der Waals surface area contributed by atoms with Crippen molar-refractivity contribution in [2.45, 2.75) is 19.6 Å². The van der Waals surface area contributed by atoms with Crippen LogP contribution in [0.2, 0.25) is 5.15 Å². The van der Waals surface area contributed by atoms with E-state index >= 15 is 0 Å². The second-order valence-corrected chi connectivity index (χ2v) is 12.9. The second kappa shape index (κ2) is 14.4. The Labute approximate surface area is 278 Å². The predicted octanol–water partition coefficient (Wildman–Crippen LogP) is 5.69. The first-order valence-electron chi connectivity index (χ1n) is 14.4. The molecule has 248 valence electrons. The van der Waals surface area contributed by atoms with Crippen LogP contribution in [0.1, 0.15) is 16.7 Å². The molecule has 0 fully saturated rings. The molecule has 0 amide bonds. The quantitative estimate of drug-likeness (QED) is 0.146. The number of nitrogens with zero attached hydrogens (tertiary/aromatic N) is 4. The van der Waals surface area contributed by atoms with E-state index in [9.17, 15) is 8.42 Å². The van der Waals surface area contributed by atoms with E-state index in [1.165, 1.54) is 17.7 Å². The minimum Gasteiger partial charge on any atom is -0.497 e. The number of ether oxygens (including phenoxy) is 5. The highest BCUT2D eigenvalue weighted by atomic mass is 35.5. The second-order valence-electron chi connectivity index (χ2n) is 10.5. The summed E-state index contributed by atoms with van der Waals surface area (Å²) >= 11 is 6.32. The van der Waals surface area contributed by atoms with Crippen LogP contribution in [0.25, 0.3) is 16.6 Å². The third-order valence-electron chi connectivity index (χ3n) is 7.61. The summed E-state index contributed by atoms with van der Waals surface area (Å²) in [6.07, 6.45) is 2.84. The summed E-state index contributed by atoms with van der Waals surface area (Å²) < 4.78 is 56.3. The number of sulfonamides is 1. The molecule has 5 rings (SSSR count). The van der Waals surface area contributed by atoms with Gasteiger partial charge in [0.15, 0.2) is 5.82 Å². The lowest BCUT2D eigenvalue weighted by molar-refractivity contribution is 0.370. The van der Waals surface area contributed by atoms with Crippen LogP contribution in [0, 0.1) is 0 Å². The van der Waals surface area contributed by atoms with Gasteiger partial charge in [-0.2, -0.15) is 4.31 Å². The normalized spacial score (nSPS) is 11.5. The smallest absolute Gasteiger partial charge is 0.211 e. The summed E-state index contributed by atoms with van der Waals surface area (Å²) in [6, 6.07) is 18.1. The molecule has 0 unspecified atom stereocenters. The molecule has 2 heterocycles. The molecule has 0 aliphatic heterocycles. The Bertz CT molecular complexity index is 2000. The molecular weight excluding hydrogens is 646 g/mol. The molecule has 0 saturated carbocycles. The van der Waals surface area contributed by atoms with Crippen LogP contribution in [-0.4, -0.2) is 69.3 Å². The molecule has 2 aromatic heterocycles. The molecule has 0 radical (unpaired) electrons. The van der Waals surface area contributed by atoms with Gasteiger partial charge in [-0.3, -0.25) is 0 Å². The third-order valence-corrected chi connectivity index (χ3v) is 9.02. The van der Waals surface area contributed by atoms with Crippen molar-refractivity contribution in [3.8, 4) is 34.4 Å². The van der Waals surface area contributed by atoms with Crippen molar-refractivity contribution in [2.75, 3.05) is 47.1 Å². The first-order chi connectivity index (χ1) is 22.6. The van der Waals surface area contributed by atoms with Gasteiger partial charge < -0.3 is 29.0 Å². The third kappa shape index (κ3) is 7.48. The number of fused-ring (bicyclic) bond motifs is 1. The van der Waals surface area contributed by atoms with Crippen LogP contribution in [-0.2, 0) is 29.7 Å². The Balaban J connectivity index is 1.46. The zero-order valence-electron chi connectivity index (χ0n) is 26.9. The summed E-state index contributed by atoms with van der Waals surface area (Å²) in [6.45, 7) is 0.606. The van der Waals surface area contributed by atoms with E-state index in [0.717, 1.165) is 10.9 Å². The summed E-state index contributed by atoms with van der Waals surface area (Å²) in [5, 5.41) is 9.29. The van der Waals surface area contributed by atoms with Crippen molar-refractivity contribution in [2.24, 2.45) is 0 Å². The van der Waals surface area contributed by atoms with Gasteiger partial charge in [0.2, 0.25) is 10.0 Å². The van der Waals surface area contributed by atoms with Crippen LogP contribution in [0.15, 0.2) is 66.9 Å². The zero-order chi connectivity index (χ0) is 33.7. The topological polar surface area (TPSA) is 126 Å². The molecule has 14 heteroatoms. The van der Waals surface area contributed by atoms with Crippen molar-refractivity contribution < 1.29 is 32.1 Å². The monoisotopic (exact) mass is 681 g/mol. The van der Waals surface area contributed by atoms with Gasteiger partial charge in [0.25, 0.3) is 0 Å². The average molecular weight is 682 g/mol. The van der Waals surface area contributed by atoms with Gasteiger partial charge in [0.05, 0.1) is 52.7 Å². The minimum absolute atomic E-state index is 0.0940. The number of nitrogens with one attached hydrogen (secondary N) is 1. The van der Waals surface area contributed by atoms with Gasteiger partial charge in [-0.1, -0.05) is 23.7 Å². The number of anilines is 1. The molecule has 5 aromatic rings. The lowest BCUT2D eigenvalue weighted by Crippen LogP contribution is -2.29. The molecule has 0 bridgehead atoms. The lowest BCUT2D eigenvalue weighted by atomic mass is 10.1. The van der Waals surface area contributed by atoms with E-state index in [1.807, 2.05) is 30.3 Å². The molecular formula is C33H36ClN5O7S. The molecule has 0 saturated heterocycles. The Morgan fingerprint density at radius 1 is 0.787 bits per heavy atom. The Morgan fingerprint density at radius 2 is 1.43 bits per heavy atom. The van der Waals surface area contributed by atoms with Crippen LogP contribution < -0.4 is 29.0 Å². The number of pyridine rings is 1. The van der Waals surface area contributed by atoms with E-state index in [0.29, 0.717) is 68.6 Å². The first-order valence-corrected chi connectivity index (χ1v) is 16.6. The van der Waals surface area contributed by atoms with Gasteiger partial charge >= 0.3 is 0 Å². The molecule has 1 N–H and O–H groups in total. The molecule has 0 aliphatic carbocycles. The molecule has 3 aromatic carbocycles. The predicted molar refractivity (Wildman–Crippen MR) is 181 cm³/mol. The summed E-state index contributed by atoms with van der Waals surface area (Å²) in [7, 11) is 4.24. The summed E-state index contributed by atoms with van der Waals surface area (Å²) in [4.78, 5) is 4.28. The fourth-order valence-corrected chi connectivity index (χ4v) is 6.05. The molecule has 0 atom stereocenters. The number of hydrogen-bond donors (Lipinski definition) is 1. The van der Waals surface area contributed by atoms with Crippen LogP contribution in [0.4, 0.5) is 5.82 Å². The molecule has 47 heavy (non-hydrogen) atoms. The van der Waals surface area contributed by atoms with Crippen molar-refractivity contribution in [1.29, 1.82) is 0 Å². The zero-order valence-corrected chi connectivity index (χ0v) is 28.5. The number of rotatable bonds is 14. The molecule has 0 aliphatic rings. The molecule has 12 nitrogen and oxygen atoms in total. The maximum absolute atomic E-state index is 12.9. The van der Waals surface area contributed by atoms with Crippen molar-refractivity contribution in [3.63, 3.8) is 0 Å². The Morgan fingerprint density at radius 3 is 2.04 bits per heavy atom. The van der Waals surface area contributed by atoms with Crippen LogP contribution in [0.3, 0.4) is 0 Å². The SMILES string of the molecule is COc1ccc(CNc2nn(-c3ccc(CN(Cc4ccc(OC)cc4OC)S(C)(=O)=O)cc3OC)c3cc(Cl)ncc23)c(OC)c1. The minimum atomic E-state index is -3.61. The Hall–Kier alpha value is -4.72. The fourth-order valence-electron chi connectivity index (χ4n) is 5.14. The van der Waals surface area contributed by atoms with E-state index < -0.39 is 10.0 Å². The van der Waals surface area contributed by atoms with E-state index in [1.54, 1.807) is 69.6 Å². The first kappa shape index (κ1) is 33.6. The van der Waals surface area contributed by atoms with Gasteiger partial charge in [-0.25, -0.2) is 18.1 Å². The standard InChI is InChI=1S/C33H36ClN5O7S/c1-42-24-10-8-22(29(14-24)44-3)17-36-33-26-18-35-32(34)16-28(26)39(37-33)27-12-7-21(13-31(27)46-5)19-38(47(6,40)41)20-23-9-11-25(43-2)15-30(23)45-4/h7-16,18H,17,19-20H2,1-6H3,(H,36,37). The number of aromatic nitrogens is 3. The van der Waals surface area contributed by atoms with E-state index in [-0.39, 0.29) is 13.1 Å². The van der Waals surface area contributed by atoms with Crippen LogP contribution >= 0.6 is 11.6 Å². The number of methoxy groups -OCH3 is 5. The van der Waals surface area contributed by atoms with Gasteiger partial charge in [0, 0.05) is 55.2 Å². The van der Waals surface area contributed by atoms with Gasteiger partial charge in [0.1, 0.15) is 39.6 Å².